The number of aromatic nitrogens is 2. The maximum Gasteiger partial charge on any atom is 0.260 e. The first-order valence-electron chi connectivity index (χ1n) is 8.65. The van der Waals surface area contributed by atoms with Crippen LogP contribution in [0.2, 0.25) is 15.1 Å². The summed E-state index contributed by atoms with van der Waals surface area (Å²) in [6.45, 7) is 0.285. The van der Waals surface area contributed by atoms with Crippen molar-refractivity contribution in [1.29, 1.82) is 0 Å². The van der Waals surface area contributed by atoms with Crippen molar-refractivity contribution in [2.24, 2.45) is 0 Å². The van der Waals surface area contributed by atoms with Crippen molar-refractivity contribution < 1.29 is 19.0 Å². The van der Waals surface area contributed by atoms with E-state index >= 15 is 0 Å². The van der Waals surface area contributed by atoms with Gasteiger partial charge in [-0.3, -0.25) is 9.48 Å². The summed E-state index contributed by atoms with van der Waals surface area (Å²) < 4.78 is 17.4. The smallest absolute Gasteiger partial charge is 0.260 e. The monoisotopic (exact) mass is 469 g/mol. The molecule has 10 heteroatoms. The standard InChI is InChI=1S/C20H18Cl3N3O4/c1-28-16-8-7-11(17(29-2)18(16)30-3)20(27)24-19-15(23)10-26(25-19)9-12-13(21)5-4-6-14(12)22/h4-8,10H,9H2,1-3H3,(H,24,25,27). The van der Waals surface area contributed by atoms with Crippen LogP contribution in [0.3, 0.4) is 0 Å². The Labute approximate surface area is 188 Å². The number of benzene rings is 2. The van der Waals surface area contributed by atoms with E-state index in [2.05, 4.69) is 10.4 Å². The van der Waals surface area contributed by atoms with E-state index in [0.29, 0.717) is 27.1 Å². The molecular formula is C20H18Cl3N3O4. The van der Waals surface area contributed by atoms with Crippen LogP contribution in [0.1, 0.15) is 15.9 Å². The number of carbonyl (C=O) groups excluding carboxylic acids is 1. The second-order valence-corrected chi connectivity index (χ2v) is 7.28. The molecule has 0 aliphatic heterocycles. The molecule has 1 aromatic heterocycles. The minimum atomic E-state index is -0.476. The van der Waals surface area contributed by atoms with Gasteiger partial charge in [0.05, 0.1) is 33.4 Å². The fourth-order valence-corrected chi connectivity index (χ4v) is 3.58. The van der Waals surface area contributed by atoms with E-state index in [9.17, 15) is 4.79 Å². The van der Waals surface area contributed by atoms with Gasteiger partial charge in [-0.05, 0) is 24.3 Å². The molecule has 0 spiro atoms. The SMILES string of the molecule is COc1ccc(C(=O)Nc2nn(Cc3c(Cl)cccc3Cl)cc2Cl)c(OC)c1OC. The molecule has 0 fully saturated rings. The molecule has 3 aromatic rings. The lowest BCUT2D eigenvalue weighted by Gasteiger charge is -2.15. The van der Waals surface area contributed by atoms with E-state index < -0.39 is 5.91 Å². The van der Waals surface area contributed by atoms with Gasteiger partial charge >= 0.3 is 0 Å². The van der Waals surface area contributed by atoms with Crippen molar-refractivity contribution in [1.82, 2.24) is 9.78 Å². The predicted octanol–water partition coefficient (Wildman–Crippen LogP) is 5.17. The topological polar surface area (TPSA) is 74.6 Å². The number of halogens is 3. The first-order valence-corrected chi connectivity index (χ1v) is 9.79. The largest absolute Gasteiger partial charge is 0.493 e. The van der Waals surface area contributed by atoms with E-state index in [1.807, 2.05) is 0 Å². The van der Waals surface area contributed by atoms with Gasteiger partial charge in [0, 0.05) is 21.8 Å². The number of rotatable bonds is 7. The van der Waals surface area contributed by atoms with E-state index in [0.717, 1.165) is 0 Å². The van der Waals surface area contributed by atoms with Gasteiger partial charge in [-0.1, -0.05) is 40.9 Å². The van der Waals surface area contributed by atoms with E-state index in [4.69, 9.17) is 49.0 Å². The zero-order valence-electron chi connectivity index (χ0n) is 16.3. The maximum absolute atomic E-state index is 12.9. The average Bonchev–Trinajstić information content (AvgIpc) is 3.08. The Morgan fingerprint density at radius 3 is 2.23 bits per heavy atom. The zero-order valence-corrected chi connectivity index (χ0v) is 18.6. The van der Waals surface area contributed by atoms with Crippen LogP contribution < -0.4 is 19.5 Å². The molecule has 1 N–H and O–H groups in total. The quantitative estimate of drug-likeness (QED) is 0.516. The highest BCUT2D eigenvalue weighted by Gasteiger charge is 2.22. The summed E-state index contributed by atoms with van der Waals surface area (Å²) in [6, 6.07) is 8.39. The van der Waals surface area contributed by atoms with Crippen molar-refractivity contribution >= 4 is 46.5 Å². The number of amides is 1. The third-order valence-corrected chi connectivity index (χ3v) is 5.26. The minimum absolute atomic E-state index is 0.182. The maximum atomic E-state index is 12.9. The summed E-state index contributed by atoms with van der Waals surface area (Å²) in [5.74, 6) is 0.674. The van der Waals surface area contributed by atoms with Crippen molar-refractivity contribution in [3.8, 4) is 17.2 Å². The van der Waals surface area contributed by atoms with Gasteiger partial charge in [-0.2, -0.15) is 5.10 Å². The van der Waals surface area contributed by atoms with Crippen LogP contribution in [0.4, 0.5) is 5.82 Å². The zero-order chi connectivity index (χ0) is 21.8. The molecule has 1 heterocycles. The van der Waals surface area contributed by atoms with Crippen LogP contribution in [-0.2, 0) is 6.54 Å². The number of ether oxygens (including phenoxy) is 3. The van der Waals surface area contributed by atoms with Crippen LogP contribution in [0, 0.1) is 0 Å². The minimum Gasteiger partial charge on any atom is -0.493 e. The molecule has 0 atom stereocenters. The molecule has 0 aliphatic rings. The molecule has 0 unspecified atom stereocenters. The van der Waals surface area contributed by atoms with Crippen LogP contribution in [0.5, 0.6) is 17.2 Å². The van der Waals surface area contributed by atoms with Crippen LogP contribution >= 0.6 is 34.8 Å². The van der Waals surface area contributed by atoms with Crippen LogP contribution in [0.15, 0.2) is 36.5 Å². The first kappa shape index (κ1) is 22.1. The van der Waals surface area contributed by atoms with E-state index in [-0.39, 0.29) is 28.7 Å². The Balaban J connectivity index is 1.86. The molecule has 3 rings (SSSR count). The Hall–Kier alpha value is -2.61. The fourth-order valence-electron chi connectivity index (χ4n) is 2.86. The van der Waals surface area contributed by atoms with Gasteiger partial charge in [-0.15, -0.1) is 0 Å². The van der Waals surface area contributed by atoms with Crippen LogP contribution in [0.25, 0.3) is 0 Å². The molecule has 1 amide bonds. The summed E-state index contributed by atoms with van der Waals surface area (Å²) >= 11 is 18.7. The van der Waals surface area contributed by atoms with Gasteiger partial charge in [0.1, 0.15) is 5.02 Å². The molecule has 0 bridgehead atoms. The average molecular weight is 471 g/mol. The lowest BCUT2D eigenvalue weighted by molar-refractivity contribution is 0.102. The summed E-state index contributed by atoms with van der Waals surface area (Å²) in [4.78, 5) is 12.9. The van der Waals surface area contributed by atoms with Crippen molar-refractivity contribution in [3.63, 3.8) is 0 Å². The number of carbonyl (C=O) groups is 1. The number of hydrogen-bond acceptors (Lipinski definition) is 5. The van der Waals surface area contributed by atoms with Crippen molar-refractivity contribution in [2.45, 2.75) is 6.54 Å². The third-order valence-electron chi connectivity index (χ3n) is 4.28. The third kappa shape index (κ3) is 4.43. The second-order valence-electron chi connectivity index (χ2n) is 6.06. The number of nitrogens with one attached hydrogen (secondary N) is 1. The Morgan fingerprint density at radius 1 is 0.967 bits per heavy atom. The second kappa shape index (κ2) is 9.47. The van der Waals surface area contributed by atoms with Crippen LogP contribution in [-0.4, -0.2) is 37.0 Å². The lowest BCUT2D eigenvalue weighted by atomic mass is 10.1. The molecule has 158 valence electrons. The van der Waals surface area contributed by atoms with Crippen molar-refractivity contribution in [2.75, 3.05) is 26.6 Å². The van der Waals surface area contributed by atoms with E-state index in [1.165, 1.54) is 26.0 Å². The fraction of sp³-hybridized carbons (Fsp3) is 0.200. The molecule has 30 heavy (non-hydrogen) atoms. The molecule has 2 aromatic carbocycles. The Morgan fingerprint density at radius 2 is 1.63 bits per heavy atom. The summed E-state index contributed by atoms with van der Waals surface area (Å²) in [5, 5.41) is 8.28. The van der Waals surface area contributed by atoms with Crippen molar-refractivity contribution in [3.05, 3.63) is 62.7 Å². The van der Waals surface area contributed by atoms with Gasteiger partial charge in [0.15, 0.2) is 17.3 Å². The normalized spacial score (nSPS) is 10.6. The Kier molecular flexibility index (Phi) is 6.97. The summed E-state index contributed by atoms with van der Waals surface area (Å²) in [5.41, 5.74) is 0.925. The van der Waals surface area contributed by atoms with Gasteiger partial charge in [-0.25, -0.2) is 0 Å². The molecular weight excluding hydrogens is 453 g/mol. The summed E-state index contributed by atoms with van der Waals surface area (Å²) in [6.07, 6.45) is 1.57. The molecule has 0 radical (unpaired) electrons. The van der Waals surface area contributed by atoms with Gasteiger partial charge < -0.3 is 19.5 Å². The number of hydrogen-bond donors (Lipinski definition) is 1. The molecule has 0 aliphatic carbocycles. The molecule has 7 nitrogen and oxygen atoms in total. The summed E-state index contributed by atoms with van der Waals surface area (Å²) in [7, 11) is 4.39. The number of nitrogens with zero attached hydrogens (tertiary/aromatic N) is 2. The molecule has 0 saturated carbocycles. The van der Waals surface area contributed by atoms with E-state index in [1.54, 1.807) is 36.5 Å². The lowest BCUT2D eigenvalue weighted by Crippen LogP contribution is -2.15. The highest BCUT2D eigenvalue weighted by molar-refractivity contribution is 6.36. The Bertz CT molecular complexity index is 1070. The highest BCUT2D eigenvalue weighted by atomic mass is 35.5. The number of anilines is 1. The predicted molar refractivity (Wildman–Crippen MR) is 117 cm³/mol. The number of methoxy groups -OCH3 is 3. The van der Waals surface area contributed by atoms with Gasteiger partial charge in [0.25, 0.3) is 5.91 Å². The molecule has 0 saturated heterocycles. The van der Waals surface area contributed by atoms with Gasteiger partial charge in [0.2, 0.25) is 5.75 Å². The first-order chi connectivity index (χ1) is 14.4. The highest BCUT2D eigenvalue weighted by Crippen LogP contribution is 2.40.